The molecule has 0 spiro atoms. The lowest BCUT2D eigenvalue weighted by molar-refractivity contribution is -0.150. The number of rotatable bonds is 20. The summed E-state index contributed by atoms with van der Waals surface area (Å²) in [5.74, 6) is 1.33. The molecule has 0 unspecified atom stereocenters. The summed E-state index contributed by atoms with van der Waals surface area (Å²) in [7, 11) is 6.42. The average molecular weight is 991 g/mol. The number of benzene rings is 8. The van der Waals surface area contributed by atoms with Crippen molar-refractivity contribution in [1.82, 2.24) is 10.6 Å². The van der Waals surface area contributed by atoms with Crippen molar-refractivity contribution in [3.63, 3.8) is 0 Å². The maximum Gasteiger partial charge on any atom is 0.236 e. The Balaban J connectivity index is 1.21. The van der Waals surface area contributed by atoms with Gasteiger partial charge < -0.3 is 39.8 Å². The molecule has 10 nitrogen and oxygen atoms in total. The number of carbonyl (C=O) groups is 2. The van der Waals surface area contributed by atoms with Gasteiger partial charge in [-0.25, -0.2) is 0 Å². The van der Waals surface area contributed by atoms with E-state index in [1.54, 1.807) is 28.4 Å². The topological polar surface area (TPSA) is 136 Å². The summed E-state index contributed by atoms with van der Waals surface area (Å²) in [5, 5.41) is 38.2. The van der Waals surface area contributed by atoms with Gasteiger partial charge in [-0.15, -0.1) is 0 Å². The summed E-state index contributed by atoms with van der Waals surface area (Å²) in [6.45, 7) is 0. The second-order valence-corrected chi connectivity index (χ2v) is 19.8. The highest BCUT2D eigenvalue weighted by atomic mass is 16.5. The highest BCUT2D eigenvalue weighted by Gasteiger charge is 2.52. The lowest BCUT2D eigenvalue weighted by Gasteiger charge is -2.43. The number of amides is 2. The number of ether oxygens (including phenoxy) is 4. The molecule has 1 aliphatic carbocycles. The maximum absolute atomic E-state index is 16.2. The fraction of sp³-hybridized carbons (Fsp3) is 0.281. The number of para-hydroxylation sites is 4. The third-order valence-electron chi connectivity index (χ3n) is 15.2. The van der Waals surface area contributed by atoms with Crippen LogP contribution in [0.25, 0.3) is 21.5 Å². The molecule has 8 aromatic carbocycles. The van der Waals surface area contributed by atoms with Crippen molar-refractivity contribution >= 4 is 33.4 Å². The fourth-order valence-corrected chi connectivity index (χ4v) is 11.5. The molecule has 8 aromatic rings. The molecule has 0 aromatic heterocycles. The van der Waals surface area contributed by atoms with Gasteiger partial charge in [0.25, 0.3) is 0 Å². The van der Waals surface area contributed by atoms with E-state index in [1.165, 1.54) is 0 Å². The first-order valence-electron chi connectivity index (χ1n) is 25.5. The lowest BCUT2D eigenvalue weighted by atomic mass is 9.70. The van der Waals surface area contributed by atoms with Crippen LogP contribution >= 0.6 is 0 Å². The van der Waals surface area contributed by atoms with Crippen LogP contribution < -0.4 is 29.6 Å². The standard InChI is InChI=1S/C64H66N2O8/c1-71-54-34-14-8-24-46(54)40-63(69,41-47-25-9-15-35-55(47)72-2)58(52-32-20-28-44-22-6-12-30-50(44)52)65-60(67)62(38-18-5-19-39-62)61(68)66-59(53-33-21-29-45-23-7-13-31-51(45)53)64(70,42-48-26-10-16-36-56(48)73-3)43-49-27-11-17-37-57(49)74-4/h6-17,20-37,58-59,69-70H,5,18-19,38-43H2,1-4H3,(H,65,67)(H,66,68)/t58-,59-/m0/s1. The zero-order valence-corrected chi connectivity index (χ0v) is 42.7. The summed E-state index contributed by atoms with van der Waals surface area (Å²) < 4.78 is 23.5. The van der Waals surface area contributed by atoms with E-state index in [0.717, 1.165) is 50.2 Å². The van der Waals surface area contributed by atoms with Gasteiger partial charge in [0.1, 0.15) is 28.4 Å². The molecular formula is C64H66N2O8. The Morgan fingerprint density at radius 1 is 0.432 bits per heavy atom. The molecule has 10 heteroatoms. The number of fused-ring (bicyclic) bond motifs is 2. The molecule has 1 fully saturated rings. The molecule has 4 N–H and O–H groups in total. The van der Waals surface area contributed by atoms with Crippen molar-refractivity contribution < 1.29 is 38.7 Å². The van der Waals surface area contributed by atoms with Crippen LogP contribution in [-0.4, -0.2) is 61.7 Å². The van der Waals surface area contributed by atoms with Gasteiger partial charge in [0.2, 0.25) is 11.8 Å². The van der Waals surface area contributed by atoms with Crippen LogP contribution in [0.1, 0.15) is 77.6 Å². The minimum atomic E-state index is -1.75. The Labute approximate surface area is 434 Å². The molecule has 2 atom stereocenters. The van der Waals surface area contributed by atoms with Crippen LogP contribution in [0.3, 0.4) is 0 Å². The van der Waals surface area contributed by atoms with Crippen molar-refractivity contribution in [2.75, 3.05) is 28.4 Å². The van der Waals surface area contributed by atoms with Gasteiger partial charge in [-0.3, -0.25) is 9.59 Å². The van der Waals surface area contributed by atoms with Crippen LogP contribution in [0, 0.1) is 5.41 Å². The number of hydrogen-bond donors (Lipinski definition) is 4. The zero-order valence-electron chi connectivity index (χ0n) is 42.7. The van der Waals surface area contributed by atoms with E-state index in [9.17, 15) is 10.2 Å². The third-order valence-corrected chi connectivity index (χ3v) is 15.2. The van der Waals surface area contributed by atoms with E-state index >= 15 is 9.59 Å². The van der Waals surface area contributed by atoms with Crippen LogP contribution in [0.4, 0.5) is 0 Å². The van der Waals surface area contributed by atoms with Gasteiger partial charge >= 0.3 is 0 Å². The molecule has 0 radical (unpaired) electrons. The molecule has 0 saturated heterocycles. The largest absolute Gasteiger partial charge is 0.496 e. The van der Waals surface area contributed by atoms with Crippen LogP contribution in [0.15, 0.2) is 182 Å². The molecular weight excluding hydrogens is 925 g/mol. The van der Waals surface area contributed by atoms with Gasteiger partial charge in [0.05, 0.1) is 51.7 Å². The van der Waals surface area contributed by atoms with Crippen LogP contribution in [0.5, 0.6) is 23.0 Å². The second-order valence-electron chi connectivity index (χ2n) is 19.8. The highest BCUT2D eigenvalue weighted by molar-refractivity contribution is 6.06. The van der Waals surface area contributed by atoms with Gasteiger partial charge in [0.15, 0.2) is 0 Å². The Bertz CT molecular complexity index is 2920. The van der Waals surface area contributed by atoms with Crippen LogP contribution in [-0.2, 0) is 35.3 Å². The molecule has 0 heterocycles. The summed E-state index contributed by atoms with van der Waals surface area (Å²) in [4.78, 5) is 32.4. The fourth-order valence-electron chi connectivity index (χ4n) is 11.5. The smallest absolute Gasteiger partial charge is 0.236 e. The summed E-state index contributed by atoms with van der Waals surface area (Å²) in [5.41, 5.74) is -0.805. The van der Waals surface area contributed by atoms with Gasteiger partial charge in [0, 0.05) is 25.7 Å². The van der Waals surface area contributed by atoms with Crippen molar-refractivity contribution in [3.8, 4) is 23.0 Å². The molecule has 380 valence electrons. The van der Waals surface area contributed by atoms with E-state index in [4.69, 9.17) is 18.9 Å². The number of nitrogens with one attached hydrogen (secondary N) is 2. The molecule has 0 aliphatic heterocycles. The van der Waals surface area contributed by atoms with E-state index in [0.29, 0.717) is 47.0 Å². The van der Waals surface area contributed by atoms with Crippen LogP contribution in [0.2, 0.25) is 0 Å². The van der Waals surface area contributed by atoms with E-state index in [1.807, 2.05) is 182 Å². The quantitative estimate of drug-likeness (QED) is 0.0555. The summed E-state index contributed by atoms with van der Waals surface area (Å²) in [6, 6.07) is 55.8. The van der Waals surface area contributed by atoms with Crippen molar-refractivity contribution in [3.05, 3.63) is 215 Å². The number of hydrogen-bond acceptors (Lipinski definition) is 8. The van der Waals surface area contributed by atoms with Gasteiger partial charge in [-0.1, -0.05) is 177 Å². The SMILES string of the molecule is COc1ccccc1CC(O)(Cc1ccccc1OC)[C@@H](NC(=O)C1(C(=O)N[C@@H](c2cccc3ccccc23)C(O)(Cc2ccccc2OC)Cc2ccccc2OC)CCCCC1)c1cccc2ccccc12. The monoisotopic (exact) mass is 990 g/mol. The normalized spacial score (nSPS) is 14.4. The average Bonchev–Trinajstić information content (AvgIpc) is 3.44. The first-order chi connectivity index (χ1) is 36.0. The Kier molecular flexibility index (Phi) is 15.7. The number of methoxy groups -OCH3 is 4. The molecule has 9 rings (SSSR count). The zero-order chi connectivity index (χ0) is 51.7. The second kappa shape index (κ2) is 22.6. The number of carbonyl (C=O) groups excluding carboxylic acids is 2. The molecule has 0 bridgehead atoms. The molecule has 1 saturated carbocycles. The predicted octanol–water partition coefficient (Wildman–Crippen LogP) is 11.4. The first-order valence-corrected chi connectivity index (χ1v) is 25.5. The summed E-state index contributed by atoms with van der Waals surface area (Å²) >= 11 is 0. The van der Waals surface area contributed by atoms with Crippen molar-refractivity contribution in [2.45, 2.75) is 81.1 Å². The highest BCUT2D eigenvalue weighted by Crippen LogP contribution is 2.45. The molecule has 74 heavy (non-hydrogen) atoms. The maximum atomic E-state index is 16.2. The van der Waals surface area contributed by atoms with Crippen molar-refractivity contribution in [2.24, 2.45) is 5.41 Å². The molecule has 2 amide bonds. The van der Waals surface area contributed by atoms with Gasteiger partial charge in [-0.05, 0) is 92.0 Å². The number of aliphatic hydroxyl groups is 2. The lowest BCUT2D eigenvalue weighted by Crippen LogP contribution is -2.59. The van der Waals surface area contributed by atoms with Crippen molar-refractivity contribution in [1.29, 1.82) is 0 Å². The predicted molar refractivity (Wildman–Crippen MR) is 292 cm³/mol. The van der Waals surface area contributed by atoms with E-state index in [2.05, 4.69) is 10.6 Å². The molecule has 1 aliphatic rings. The summed E-state index contributed by atoms with van der Waals surface area (Å²) in [6.07, 6.45) is 2.77. The van der Waals surface area contributed by atoms with Gasteiger partial charge in [-0.2, -0.15) is 0 Å². The Morgan fingerprint density at radius 2 is 0.730 bits per heavy atom. The first kappa shape index (κ1) is 51.2. The Hall–Kier alpha value is -7.66. The van der Waals surface area contributed by atoms with E-state index < -0.39 is 40.5 Å². The van der Waals surface area contributed by atoms with E-state index in [-0.39, 0.29) is 38.5 Å². The minimum Gasteiger partial charge on any atom is -0.496 e. The Morgan fingerprint density at radius 3 is 1.07 bits per heavy atom. The third kappa shape index (κ3) is 10.6. The minimum absolute atomic E-state index is 0.0600.